The lowest BCUT2D eigenvalue weighted by Gasteiger charge is -1.92. The maximum atomic E-state index is 3.98. The fourth-order valence-corrected chi connectivity index (χ4v) is 0.770. The molecule has 1 heterocycles. The molecule has 0 saturated carbocycles. The maximum absolute atomic E-state index is 3.98. The molecule has 1 rings (SSSR count). The van der Waals surface area contributed by atoms with Crippen LogP contribution in [-0.4, -0.2) is 4.98 Å². The van der Waals surface area contributed by atoms with Gasteiger partial charge in [0, 0.05) is 11.9 Å². The van der Waals surface area contributed by atoms with Crippen molar-refractivity contribution in [2.75, 3.05) is 0 Å². The van der Waals surface area contributed by atoms with Gasteiger partial charge in [-0.15, -0.1) is 0 Å². The molecule has 1 heteroatoms. The second kappa shape index (κ2) is 12.4. The van der Waals surface area contributed by atoms with Crippen LogP contribution in [0.5, 0.6) is 0 Å². The first-order valence-electron chi connectivity index (χ1n) is 5.91. The Labute approximate surface area is 107 Å². The molecule has 0 unspecified atom stereocenters. The molecule has 94 valence electrons. The number of pyridine rings is 1. The first-order valence-corrected chi connectivity index (χ1v) is 5.91. The monoisotopic (exact) mass is 231 g/mol. The topological polar surface area (TPSA) is 12.9 Å². The van der Waals surface area contributed by atoms with E-state index in [1.807, 2.05) is 65.0 Å². The minimum atomic E-state index is 1.07. The highest BCUT2D eigenvalue weighted by Gasteiger charge is 1.82. The Kier molecular flexibility index (Phi) is 13.0. The van der Waals surface area contributed by atoms with Crippen LogP contribution < -0.4 is 0 Å². The second-order valence-electron chi connectivity index (χ2n) is 3.25. The van der Waals surface area contributed by atoms with Crippen molar-refractivity contribution in [2.45, 2.75) is 34.6 Å². The number of hydrogen-bond acceptors (Lipinski definition) is 1. The quantitative estimate of drug-likeness (QED) is 0.644. The third-order valence-corrected chi connectivity index (χ3v) is 2.05. The Morgan fingerprint density at radius 3 is 1.71 bits per heavy atom. The first-order chi connectivity index (χ1) is 8.11. The molecule has 0 atom stereocenters. The van der Waals surface area contributed by atoms with Crippen molar-refractivity contribution in [3.63, 3.8) is 0 Å². The van der Waals surface area contributed by atoms with Crippen LogP contribution >= 0.6 is 0 Å². The first kappa shape index (κ1) is 17.8. The number of aryl methyl sites for hydroxylation is 1. The molecule has 1 aromatic heterocycles. The van der Waals surface area contributed by atoms with Gasteiger partial charge in [-0.25, -0.2) is 0 Å². The van der Waals surface area contributed by atoms with E-state index < -0.39 is 0 Å². The summed E-state index contributed by atoms with van der Waals surface area (Å²) in [6, 6.07) is 5.86. The smallest absolute Gasteiger partial charge is 0.0372 e. The Morgan fingerprint density at radius 2 is 1.53 bits per heavy atom. The summed E-state index contributed by atoms with van der Waals surface area (Å²) in [6.45, 7) is 17.3. The van der Waals surface area contributed by atoms with Crippen molar-refractivity contribution in [1.82, 2.24) is 4.98 Å². The second-order valence-corrected chi connectivity index (χ2v) is 3.25. The minimum Gasteiger partial charge on any atom is -0.262 e. The highest BCUT2D eigenvalue weighted by molar-refractivity contribution is 5.27. The molecule has 0 bridgehead atoms. The lowest BCUT2D eigenvalue weighted by Crippen LogP contribution is -1.72. The average Bonchev–Trinajstić information content (AvgIpc) is 2.40. The lowest BCUT2D eigenvalue weighted by molar-refractivity contribution is 1.20. The molecule has 1 nitrogen and oxygen atoms in total. The molecular formula is C16H25N. The number of nitrogens with zero attached hydrogens (tertiary/aromatic N) is 1. The molecule has 0 aliphatic heterocycles. The van der Waals surface area contributed by atoms with E-state index in [1.54, 1.807) is 6.20 Å². The van der Waals surface area contributed by atoms with Gasteiger partial charge in [0.15, 0.2) is 0 Å². The van der Waals surface area contributed by atoms with Crippen LogP contribution in [-0.2, 0) is 0 Å². The van der Waals surface area contributed by atoms with E-state index in [4.69, 9.17) is 0 Å². The van der Waals surface area contributed by atoms with Crippen molar-refractivity contribution in [3.05, 3.63) is 66.5 Å². The summed E-state index contributed by atoms with van der Waals surface area (Å²) in [5, 5.41) is 0. The Morgan fingerprint density at radius 1 is 1.06 bits per heavy atom. The number of hydrogen-bond donors (Lipinski definition) is 0. The summed E-state index contributed by atoms with van der Waals surface area (Å²) >= 11 is 0. The van der Waals surface area contributed by atoms with Gasteiger partial charge in [0.05, 0.1) is 0 Å². The molecular weight excluding hydrogens is 206 g/mol. The fraction of sp³-hybridized carbons (Fsp3) is 0.312. The van der Waals surface area contributed by atoms with Gasteiger partial charge >= 0.3 is 0 Å². The number of rotatable bonds is 2. The predicted molar refractivity (Wildman–Crippen MR) is 79.1 cm³/mol. The lowest BCUT2D eigenvalue weighted by atomic mass is 10.1. The van der Waals surface area contributed by atoms with Crippen molar-refractivity contribution < 1.29 is 0 Å². The summed E-state index contributed by atoms with van der Waals surface area (Å²) in [6.07, 6.45) is 5.45. The highest BCUT2D eigenvalue weighted by atomic mass is 14.6. The van der Waals surface area contributed by atoms with Crippen LogP contribution in [0.3, 0.4) is 0 Å². The molecule has 0 fully saturated rings. The number of aromatic nitrogens is 1. The predicted octanol–water partition coefficient (Wildman–Crippen LogP) is 5.11. The zero-order valence-corrected chi connectivity index (χ0v) is 11.8. The molecule has 17 heavy (non-hydrogen) atoms. The summed E-state index contributed by atoms with van der Waals surface area (Å²) in [7, 11) is 0. The maximum Gasteiger partial charge on any atom is 0.0372 e. The van der Waals surface area contributed by atoms with Gasteiger partial charge in [0.1, 0.15) is 0 Å². The molecule has 0 N–H and O–H groups in total. The van der Waals surface area contributed by atoms with Crippen LogP contribution in [0.1, 0.15) is 33.4 Å². The van der Waals surface area contributed by atoms with Crippen LogP contribution in [0, 0.1) is 6.92 Å². The van der Waals surface area contributed by atoms with Crippen molar-refractivity contribution in [1.29, 1.82) is 0 Å². The van der Waals surface area contributed by atoms with E-state index in [2.05, 4.69) is 18.1 Å². The zero-order chi connectivity index (χ0) is 13.7. The Balaban J connectivity index is 0. The summed E-state index contributed by atoms with van der Waals surface area (Å²) < 4.78 is 0. The molecule has 0 aliphatic carbocycles. The third kappa shape index (κ3) is 10.6. The Bertz CT molecular complexity index is 318. The number of allylic oxidation sites excluding steroid dienone is 4. The van der Waals surface area contributed by atoms with E-state index in [9.17, 15) is 0 Å². The molecule has 0 aromatic carbocycles. The largest absolute Gasteiger partial charge is 0.262 e. The molecule has 0 aliphatic rings. The minimum absolute atomic E-state index is 1.07. The van der Waals surface area contributed by atoms with E-state index in [1.165, 1.54) is 11.1 Å². The van der Waals surface area contributed by atoms with Gasteiger partial charge in [-0.1, -0.05) is 45.2 Å². The summed E-state index contributed by atoms with van der Waals surface area (Å²) in [4.78, 5) is 3.98. The van der Waals surface area contributed by atoms with Crippen molar-refractivity contribution in [3.8, 4) is 0 Å². The van der Waals surface area contributed by atoms with E-state index >= 15 is 0 Å². The average molecular weight is 231 g/mol. The molecule has 1 aromatic rings. The van der Waals surface area contributed by atoms with Gasteiger partial charge in [0.25, 0.3) is 0 Å². The normalized spacial score (nSPS) is 9.71. The van der Waals surface area contributed by atoms with Crippen LogP contribution in [0.2, 0.25) is 0 Å². The van der Waals surface area contributed by atoms with E-state index in [0.717, 1.165) is 5.69 Å². The molecule has 0 saturated heterocycles. The van der Waals surface area contributed by atoms with Crippen LogP contribution in [0.25, 0.3) is 0 Å². The molecule has 0 spiro atoms. The third-order valence-electron chi connectivity index (χ3n) is 2.05. The SMILES string of the molecule is C=C/C(C)=C(/C)C=C.CC.Cc1ccccn1. The van der Waals surface area contributed by atoms with Gasteiger partial charge < -0.3 is 0 Å². The fourth-order valence-electron chi connectivity index (χ4n) is 0.770. The van der Waals surface area contributed by atoms with Gasteiger partial charge in [0.2, 0.25) is 0 Å². The van der Waals surface area contributed by atoms with Crippen molar-refractivity contribution in [2.24, 2.45) is 0 Å². The van der Waals surface area contributed by atoms with Crippen LogP contribution in [0.15, 0.2) is 60.9 Å². The van der Waals surface area contributed by atoms with Crippen molar-refractivity contribution >= 4 is 0 Å². The summed E-state index contributed by atoms with van der Waals surface area (Å²) in [5.74, 6) is 0. The molecule has 0 amide bonds. The molecule has 0 radical (unpaired) electrons. The van der Waals surface area contributed by atoms with E-state index in [-0.39, 0.29) is 0 Å². The van der Waals surface area contributed by atoms with E-state index in [0.29, 0.717) is 0 Å². The standard InChI is InChI=1S/C8H12.C6H7N.C2H6/c1-5-7(3)8(4)6-2;1-6-4-2-3-5-7-6;1-2/h5-6H,1-2H2,3-4H3;2-5H,1H3;1-2H3/b8-7-;;. The van der Waals surface area contributed by atoms with Crippen LogP contribution in [0.4, 0.5) is 0 Å². The Hall–Kier alpha value is -1.63. The highest BCUT2D eigenvalue weighted by Crippen LogP contribution is 2.02. The van der Waals surface area contributed by atoms with Gasteiger partial charge in [-0.2, -0.15) is 0 Å². The van der Waals surface area contributed by atoms with Gasteiger partial charge in [-0.05, 0) is 44.1 Å². The zero-order valence-electron chi connectivity index (χ0n) is 11.8. The van der Waals surface area contributed by atoms with Gasteiger partial charge in [-0.3, -0.25) is 4.98 Å². The summed E-state index contributed by atoms with van der Waals surface area (Å²) in [5.41, 5.74) is 3.46.